The molecule has 0 saturated heterocycles. The summed E-state index contributed by atoms with van der Waals surface area (Å²) in [7, 11) is 0. The molecule has 0 fully saturated rings. The minimum Gasteiger partial charge on any atom is -0.350 e. The van der Waals surface area contributed by atoms with E-state index < -0.39 is 0 Å². The lowest BCUT2D eigenvalue weighted by Crippen LogP contribution is -2.27. The SMILES string of the molecule is CCSc1nc(C)cc(C(=O)NCCc2ccc(F)cc2)n1. The first kappa shape index (κ1) is 16.4. The molecule has 2 rings (SSSR count). The summed E-state index contributed by atoms with van der Waals surface area (Å²) in [5, 5.41) is 3.44. The molecule has 0 aliphatic heterocycles. The number of hydrogen-bond donors (Lipinski definition) is 1. The number of halogens is 1. The Hall–Kier alpha value is -1.95. The molecule has 0 spiro atoms. The summed E-state index contributed by atoms with van der Waals surface area (Å²) in [6.07, 6.45) is 0.645. The van der Waals surface area contributed by atoms with Crippen LogP contribution < -0.4 is 5.32 Å². The zero-order valence-corrected chi connectivity index (χ0v) is 13.4. The number of hydrogen-bond acceptors (Lipinski definition) is 4. The highest BCUT2D eigenvalue weighted by Gasteiger charge is 2.10. The van der Waals surface area contributed by atoms with Crippen molar-refractivity contribution in [1.29, 1.82) is 0 Å². The van der Waals surface area contributed by atoms with Crippen LogP contribution in [0.15, 0.2) is 35.5 Å². The molecular weight excluding hydrogens is 301 g/mol. The third-order valence-electron chi connectivity index (χ3n) is 2.95. The highest BCUT2D eigenvalue weighted by molar-refractivity contribution is 7.99. The highest BCUT2D eigenvalue weighted by atomic mass is 32.2. The van der Waals surface area contributed by atoms with Crippen molar-refractivity contribution in [2.24, 2.45) is 0 Å². The standard InChI is InChI=1S/C16H18FN3OS/c1-3-22-16-19-11(2)10-14(20-16)15(21)18-9-8-12-4-6-13(17)7-5-12/h4-7,10H,3,8-9H2,1-2H3,(H,18,21). The van der Waals surface area contributed by atoms with E-state index in [-0.39, 0.29) is 11.7 Å². The third kappa shape index (κ3) is 4.80. The first-order valence-corrected chi connectivity index (χ1v) is 8.08. The minimum atomic E-state index is -0.259. The van der Waals surface area contributed by atoms with Crippen LogP contribution >= 0.6 is 11.8 Å². The molecule has 0 aliphatic rings. The Morgan fingerprint density at radius 1 is 1.27 bits per heavy atom. The van der Waals surface area contributed by atoms with Crippen LogP contribution in [0.25, 0.3) is 0 Å². The lowest BCUT2D eigenvalue weighted by atomic mass is 10.1. The fraction of sp³-hybridized carbons (Fsp3) is 0.312. The van der Waals surface area contributed by atoms with Gasteiger partial charge in [-0.2, -0.15) is 0 Å². The van der Waals surface area contributed by atoms with Crippen LogP contribution in [-0.2, 0) is 6.42 Å². The molecule has 22 heavy (non-hydrogen) atoms. The van der Waals surface area contributed by atoms with Crippen molar-refractivity contribution in [2.75, 3.05) is 12.3 Å². The lowest BCUT2D eigenvalue weighted by molar-refractivity contribution is 0.0948. The molecule has 116 valence electrons. The van der Waals surface area contributed by atoms with Crippen LogP contribution in [0, 0.1) is 12.7 Å². The Bertz CT molecular complexity index is 646. The van der Waals surface area contributed by atoms with Crippen LogP contribution in [0.1, 0.15) is 28.7 Å². The van der Waals surface area contributed by atoms with Gasteiger partial charge in [-0.25, -0.2) is 14.4 Å². The largest absolute Gasteiger partial charge is 0.350 e. The van der Waals surface area contributed by atoms with E-state index in [1.54, 1.807) is 18.2 Å². The third-order valence-corrected chi connectivity index (χ3v) is 3.68. The molecule has 0 unspecified atom stereocenters. The van der Waals surface area contributed by atoms with Crippen molar-refractivity contribution >= 4 is 17.7 Å². The van der Waals surface area contributed by atoms with E-state index in [4.69, 9.17) is 0 Å². The predicted molar refractivity (Wildman–Crippen MR) is 85.6 cm³/mol. The van der Waals surface area contributed by atoms with E-state index in [1.165, 1.54) is 23.9 Å². The minimum absolute atomic E-state index is 0.217. The van der Waals surface area contributed by atoms with Gasteiger partial charge in [0.2, 0.25) is 0 Å². The van der Waals surface area contributed by atoms with Crippen LogP contribution in [0.4, 0.5) is 4.39 Å². The summed E-state index contributed by atoms with van der Waals surface area (Å²) < 4.78 is 12.8. The maximum Gasteiger partial charge on any atom is 0.270 e. The lowest BCUT2D eigenvalue weighted by Gasteiger charge is -2.07. The molecule has 1 heterocycles. The molecule has 4 nitrogen and oxygen atoms in total. The summed E-state index contributed by atoms with van der Waals surface area (Å²) >= 11 is 1.51. The van der Waals surface area contributed by atoms with Crippen molar-refractivity contribution in [3.63, 3.8) is 0 Å². The van der Waals surface area contributed by atoms with Gasteiger partial charge in [0, 0.05) is 12.2 Å². The zero-order chi connectivity index (χ0) is 15.9. The summed E-state index contributed by atoms with van der Waals surface area (Å²) in [6, 6.07) is 7.93. The Morgan fingerprint density at radius 2 is 2.00 bits per heavy atom. The van der Waals surface area contributed by atoms with Gasteiger partial charge in [0.1, 0.15) is 11.5 Å². The van der Waals surface area contributed by atoms with Gasteiger partial charge < -0.3 is 5.32 Å². The van der Waals surface area contributed by atoms with E-state index in [1.807, 2.05) is 13.8 Å². The molecule has 2 aromatic rings. The van der Waals surface area contributed by atoms with Crippen LogP contribution in [0.2, 0.25) is 0 Å². The maximum absolute atomic E-state index is 12.8. The van der Waals surface area contributed by atoms with E-state index in [2.05, 4.69) is 15.3 Å². The quantitative estimate of drug-likeness (QED) is 0.657. The van der Waals surface area contributed by atoms with Gasteiger partial charge >= 0.3 is 0 Å². The smallest absolute Gasteiger partial charge is 0.270 e. The average Bonchev–Trinajstić information content (AvgIpc) is 2.49. The van der Waals surface area contributed by atoms with Crippen molar-refractivity contribution < 1.29 is 9.18 Å². The van der Waals surface area contributed by atoms with Crippen molar-refractivity contribution in [2.45, 2.75) is 25.4 Å². The van der Waals surface area contributed by atoms with Gasteiger partial charge in [0.25, 0.3) is 5.91 Å². The molecule has 1 amide bonds. The number of benzene rings is 1. The van der Waals surface area contributed by atoms with Crippen LogP contribution in [0.3, 0.4) is 0 Å². The van der Waals surface area contributed by atoms with Crippen molar-refractivity contribution in [3.8, 4) is 0 Å². The number of aryl methyl sites for hydroxylation is 1. The molecule has 1 N–H and O–H groups in total. The zero-order valence-electron chi connectivity index (χ0n) is 12.6. The van der Waals surface area contributed by atoms with Gasteiger partial charge in [-0.1, -0.05) is 30.8 Å². The molecule has 0 bridgehead atoms. The Labute approximate surface area is 133 Å². The number of rotatable bonds is 6. The van der Waals surface area contributed by atoms with E-state index in [9.17, 15) is 9.18 Å². The van der Waals surface area contributed by atoms with Gasteiger partial charge in [-0.3, -0.25) is 4.79 Å². The Morgan fingerprint density at radius 3 is 2.68 bits per heavy atom. The molecule has 1 aromatic heterocycles. The van der Waals surface area contributed by atoms with Crippen molar-refractivity contribution in [1.82, 2.24) is 15.3 Å². The molecule has 0 radical (unpaired) electrons. The fourth-order valence-corrected chi connectivity index (χ4v) is 2.54. The number of nitrogens with zero attached hydrogens (tertiary/aromatic N) is 2. The predicted octanol–water partition coefficient (Wildman–Crippen LogP) is 3.01. The first-order chi connectivity index (χ1) is 10.6. The number of nitrogens with one attached hydrogen (secondary N) is 1. The van der Waals surface area contributed by atoms with E-state index in [0.717, 1.165) is 17.0 Å². The number of thioether (sulfide) groups is 1. The summed E-state index contributed by atoms with van der Waals surface area (Å²) in [5.74, 6) is 0.380. The number of aromatic nitrogens is 2. The molecule has 0 atom stereocenters. The first-order valence-electron chi connectivity index (χ1n) is 7.09. The van der Waals surface area contributed by atoms with E-state index >= 15 is 0 Å². The Kier molecular flexibility index (Phi) is 5.89. The second-order valence-electron chi connectivity index (χ2n) is 4.74. The molecule has 0 saturated carbocycles. The van der Waals surface area contributed by atoms with E-state index in [0.29, 0.717) is 23.8 Å². The number of amides is 1. The molecule has 1 aromatic carbocycles. The summed E-state index contributed by atoms with van der Waals surface area (Å²) in [5.41, 5.74) is 2.12. The molecule has 0 aliphatic carbocycles. The van der Waals surface area contributed by atoms with Crippen LogP contribution in [0.5, 0.6) is 0 Å². The van der Waals surface area contributed by atoms with Crippen LogP contribution in [-0.4, -0.2) is 28.2 Å². The summed E-state index contributed by atoms with van der Waals surface area (Å²) in [4.78, 5) is 20.7. The second kappa shape index (κ2) is 7.89. The van der Waals surface area contributed by atoms with Gasteiger partial charge in [0.05, 0.1) is 0 Å². The van der Waals surface area contributed by atoms with Crippen molar-refractivity contribution in [3.05, 3.63) is 53.1 Å². The fourth-order valence-electron chi connectivity index (χ4n) is 1.91. The average molecular weight is 319 g/mol. The van der Waals surface area contributed by atoms with Gasteiger partial charge in [-0.05, 0) is 42.9 Å². The normalized spacial score (nSPS) is 10.5. The summed E-state index contributed by atoms with van der Waals surface area (Å²) in [6.45, 7) is 4.33. The second-order valence-corrected chi connectivity index (χ2v) is 5.97. The number of carbonyl (C=O) groups excluding carboxylic acids is 1. The monoisotopic (exact) mass is 319 g/mol. The van der Waals surface area contributed by atoms with Gasteiger partial charge in [-0.15, -0.1) is 0 Å². The number of carbonyl (C=O) groups is 1. The topological polar surface area (TPSA) is 54.9 Å². The maximum atomic E-state index is 12.8. The highest BCUT2D eigenvalue weighted by Crippen LogP contribution is 2.13. The molecule has 6 heteroatoms. The van der Waals surface area contributed by atoms with Gasteiger partial charge in [0.15, 0.2) is 5.16 Å². The molecular formula is C16H18FN3OS. The Balaban J connectivity index is 1.93.